The van der Waals surface area contributed by atoms with Crippen LogP contribution in [0.2, 0.25) is 0 Å². The average molecular weight is 509 g/mol. The van der Waals surface area contributed by atoms with Crippen LogP contribution in [-0.4, -0.2) is 37.7 Å². The van der Waals surface area contributed by atoms with Crippen molar-refractivity contribution in [3.05, 3.63) is 0 Å². The zero-order chi connectivity index (χ0) is 22.4. The molecular weight excluding hydrogens is 449 g/mol. The molecule has 0 saturated carbocycles. The van der Waals surface area contributed by atoms with E-state index in [1.807, 2.05) is 0 Å². The third-order valence-electron chi connectivity index (χ3n) is 6.99. The van der Waals surface area contributed by atoms with E-state index in [0.29, 0.717) is 0 Å². The van der Waals surface area contributed by atoms with Crippen molar-refractivity contribution in [1.29, 1.82) is 0 Å². The number of nitrogens with one attached hydrogen (secondary N) is 1. The summed E-state index contributed by atoms with van der Waals surface area (Å²) in [4.78, 5) is 0. The van der Waals surface area contributed by atoms with E-state index >= 15 is 0 Å². The summed E-state index contributed by atoms with van der Waals surface area (Å²) in [5.74, 6) is 0. The topological polar surface area (TPSA) is 12.0 Å². The Hall–Kier alpha value is 0.870. The summed E-state index contributed by atoms with van der Waals surface area (Å²) in [5.41, 5.74) is 0. The van der Waals surface area contributed by atoms with Crippen LogP contribution in [0.25, 0.3) is 0 Å². The Balaban J connectivity index is 3.99. The minimum atomic E-state index is -1.68. The number of rotatable bonds is 24. The molecule has 0 heterocycles. The number of hydrogen-bond acceptors (Lipinski definition) is 1. The van der Waals surface area contributed by atoms with E-state index in [1.165, 1.54) is 147 Å². The summed E-state index contributed by atoms with van der Waals surface area (Å²) in [5, 5.41) is 2.09. The van der Waals surface area contributed by atoms with Gasteiger partial charge in [-0.05, 0) is 0 Å². The second-order valence-corrected chi connectivity index (χ2v) is 21.5. The Kier molecular flexibility index (Phi) is 21.1. The quantitative estimate of drug-likeness (QED) is 0.101. The Morgan fingerprint density at radius 2 is 0.767 bits per heavy atom. The van der Waals surface area contributed by atoms with Crippen LogP contribution in [0.1, 0.15) is 137 Å². The first-order valence-corrected chi connectivity index (χ1v) is 19.0. The molecule has 184 valence electrons. The molecule has 1 N–H and O–H groups in total. The monoisotopic (exact) mass is 507 g/mol. The van der Waals surface area contributed by atoms with Gasteiger partial charge in [0.05, 0.1) is 0 Å². The molecule has 0 radical (unpaired) electrons. The molecule has 0 unspecified atom stereocenters. The van der Waals surface area contributed by atoms with Crippen molar-refractivity contribution in [3.8, 4) is 0 Å². The molecule has 0 aromatic carbocycles. The van der Waals surface area contributed by atoms with Crippen LogP contribution >= 0.6 is 20.8 Å². The van der Waals surface area contributed by atoms with Crippen molar-refractivity contribution in [2.75, 3.05) is 37.7 Å². The average Bonchev–Trinajstić information content (AvgIpc) is 2.76. The molecule has 3 heteroatoms. The number of halogens is 1. The molecular formula is C27H59BrNP. The van der Waals surface area contributed by atoms with Crippen molar-refractivity contribution in [1.82, 2.24) is 5.32 Å². The van der Waals surface area contributed by atoms with Gasteiger partial charge in [0.2, 0.25) is 0 Å². The summed E-state index contributed by atoms with van der Waals surface area (Å²) in [6.45, 7) is 11.8. The van der Waals surface area contributed by atoms with E-state index in [0.717, 1.165) is 0 Å². The van der Waals surface area contributed by atoms with Crippen molar-refractivity contribution in [3.63, 3.8) is 0 Å². The van der Waals surface area contributed by atoms with Crippen molar-refractivity contribution >= 4 is 20.8 Å². The molecule has 30 heavy (non-hydrogen) atoms. The van der Waals surface area contributed by atoms with Gasteiger partial charge in [0, 0.05) is 0 Å². The van der Waals surface area contributed by atoms with Gasteiger partial charge in [0.25, 0.3) is 0 Å². The molecule has 0 saturated heterocycles. The van der Waals surface area contributed by atoms with Gasteiger partial charge in [-0.3, -0.25) is 0 Å². The van der Waals surface area contributed by atoms with E-state index in [1.54, 1.807) is 0 Å². The van der Waals surface area contributed by atoms with Gasteiger partial charge < -0.3 is 0 Å². The van der Waals surface area contributed by atoms with Gasteiger partial charge in [-0.25, -0.2) is 0 Å². The van der Waals surface area contributed by atoms with Gasteiger partial charge >= 0.3 is 175 Å². The molecule has 0 aromatic heterocycles. The van der Waals surface area contributed by atoms with E-state index < -0.39 is 5.31 Å². The maximum absolute atomic E-state index is 4.54. The molecule has 0 spiro atoms. The fourth-order valence-electron chi connectivity index (χ4n) is 4.79. The molecule has 0 fully saturated rings. The van der Waals surface area contributed by atoms with Crippen LogP contribution in [0.15, 0.2) is 0 Å². The molecule has 0 bridgehead atoms. The summed E-state index contributed by atoms with van der Waals surface area (Å²) >= 11 is 4.54. The first-order valence-electron chi connectivity index (χ1n) is 14.0. The van der Waals surface area contributed by atoms with Crippen LogP contribution in [-0.2, 0) is 0 Å². The maximum atomic E-state index is 4.54. The number of unbranched alkanes of at least 4 members (excludes halogenated alkanes) is 12. The Bertz CT molecular complexity index is 336. The van der Waals surface area contributed by atoms with E-state index in [4.69, 9.17) is 0 Å². The standard InChI is InChI=1S/C27H59BrNP/c1-5-9-13-14-15-16-17-18-19-20-22-29-23-21-27-30(28,24-10-6-2,25-11-7-3)26-12-8-4/h29H,5-27H2,1-4H3. The molecule has 0 aliphatic rings. The molecule has 0 aliphatic heterocycles. The summed E-state index contributed by atoms with van der Waals surface area (Å²) < 4.78 is 0. The minimum absolute atomic E-state index is 1.23. The van der Waals surface area contributed by atoms with Gasteiger partial charge in [0.15, 0.2) is 0 Å². The van der Waals surface area contributed by atoms with Crippen LogP contribution in [0.5, 0.6) is 0 Å². The SMILES string of the molecule is CCCCCCCCCCCCNCCCP(Br)(CCCC)(CCCC)CCCC. The summed E-state index contributed by atoms with van der Waals surface area (Å²) in [6, 6.07) is 0. The third-order valence-corrected chi connectivity index (χ3v) is 17.0. The van der Waals surface area contributed by atoms with Gasteiger partial charge in [-0.1, -0.05) is 26.2 Å². The zero-order valence-corrected chi connectivity index (χ0v) is 24.1. The van der Waals surface area contributed by atoms with Crippen molar-refractivity contribution in [2.24, 2.45) is 0 Å². The molecule has 0 amide bonds. The van der Waals surface area contributed by atoms with Gasteiger partial charge in [-0.15, -0.1) is 0 Å². The summed E-state index contributed by atoms with van der Waals surface area (Å²) in [7, 11) is 0. The number of hydrogen-bond donors (Lipinski definition) is 1. The normalized spacial score (nSPS) is 13.4. The van der Waals surface area contributed by atoms with Crippen LogP contribution in [0.3, 0.4) is 0 Å². The molecule has 0 atom stereocenters. The fourth-order valence-corrected chi connectivity index (χ4v) is 13.4. The molecule has 0 aliphatic carbocycles. The van der Waals surface area contributed by atoms with E-state index in [2.05, 4.69) is 48.5 Å². The van der Waals surface area contributed by atoms with Crippen LogP contribution < -0.4 is 5.32 Å². The van der Waals surface area contributed by atoms with E-state index in [9.17, 15) is 0 Å². The first-order chi connectivity index (χ1) is 14.5. The fraction of sp³-hybridized carbons (Fsp3) is 1.00. The van der Waals surface area contributed by atoms with Crippen molar-refractivity contribution in [2.45, 2.75) is 137 Å². The Labute approximate surface area is 200 Å². The second kappa shape index (κ2) is 20.5. The zero-order valence-electron chi connectivity index (χ0n) is 21.6. The van der Waals surface area contributed by atoms with Gasteiger partial charge in [-0.2, -0.15) is 0 Å². The van der Waals surface area contributed by atoms with Crippen molar-refractivity contribution < 1.29 is 0 Å². The molecule has 0 aromatic rings. The molecule has 1 nitrogen and oxygen atoms in total. The predicted octanol–water partition coefficient (Wildman–Crippen LogP) is 10.2. The van der Waals surface area contributed by atoms with E-state index in [-0.39, 0.29) is 0 Å². The summed E-state index contributed by atoms with van der Waals surface area (Å²) in [6.07, 6.45) is 29.9. The first kappa shape index (κ1) is 30.9. The van der Waals surface area contributed by atoms with Crippen LogP contribution in [0.4, 0.5) is 0 Å². The third kappa shape index (κ3) is 16.5. The van der Waals surface area contributed by atoms with Crippen LogP contribution in [0, 0.1) is 0 Å². The predicted molar refractivity (Wildman–Crippen MR) is 149 cm³/mol. The molecule has 0 rings (SSSR count). The second-order valence-electron chi connectivity index (χ2n) is 10.1. The van der Waals surface area contributed by atoms with Gasteiger partial charge in [0.1, 0.15) is 0 Å². The Morgan fingerprint density at radius 3 is 1.20 bits per heavy atom. The Morgan fingerprint density at radius 1 is 0.433 bits per heavy atom.